The third kappa shape index (κ3) is 5.16. The van der Waals surface area contributed by atoms with Crippen molar-refractivity contribution < 1.29 is 4.79 Å². The van der Waals surface area contributed by atoms with Gasteiger partial charge in [-0.3, -0.25) is 4.79 Å². The third-order valence-corrected chi connectivity index (χ3v) is 1.93. The minimum atomic E-state index is 0.276. The second kappa shape index (κ2) is 6.04. The van der Waals surface area contributed by atoms with Crippen LogP contribution in [-0.2, 0) is 4.79 Å². The Balaban J connectivity index is 3.56. The highest BCUT2D eigenvalue weighted by atomic mass is 16.2. The summed E-state index contributed by atoms with van der Waals surface area (Å²) in [5.41, 5.74) is 0. The average Bonchev–Trinajstić information content (AvgIpc) is 2.00. The molecule has 0 saturated carbocycles. The molecule has 0 heterocycles. The zero-order chi connectivity index (χ0) is 9.56. The van der Waals surface area contributed by atoms with Crippen LogP contribution in [0.3, 0.4) is 0 Å². The summed E-state index contributed by atoms with van der Waals surface area (Å²) >= 11 is 0. The van der Waals surface area contributed by atoms with Crippen molar-refractivity contribution >= 4 is 5.91 Å². The Bertz CT molecular complexity index is 132. The van der Waals surface area contributed by atoms with Crippen molar-refractivity contribution in [3.63, 3.8) is 0 Å². The number of hydrogen-bond acceptors (Lipinski definition) is 1. The van der Waals surface area contributed by atoms with Crippen LogP contribution in [0.15, 0.2) is 0 Å². The van der Waals surface area contributed by atoms with E-state index in [9.17, 15) is 4.79 Å². The summed E-state index contributed by atoms with van der Waals surface area (Å²) in [4.78, 5) is 13.1. The number of hydrogen-bond donors (Lipinski definition) is 0. The van der Waals surface area contributed by atoms with Gasteiger partial charge in [0.05, 0.1) is 0 Å². The molecule has 0 fully saturated rings. The van der Waals surface area contributed by atoms with Crippen LogP contribution >= 0.6 is 0 Å². The summed E-state index contributed by atoms with van der Waals surface area (Å²) in [7, 11) is 1.89. The van der Waals surface area contributed by atoms with Crippen LogP contribution in [0.2, 0.25) is 0 Å². The number of carbonyl (C=O) groups is 1. The molecule has 0 rings (SSSR count). The van der Waals surface area contributed by atoms with Crippen LogP contribution in [0.25, 0.3) is 0 Å². The standard InChI is InChI=1S/C10H21NO/c1-5-6-10(12)11(4)8-7-9(2)3/h9H,5-8H2,1-4H3. The van der Waals surface area contributed by atoms with Crippen molar-refractivity contribution in [2.45, 2.75) is 40.0 Å². The Morgan fingerprint density at radius 2 is 2.00 bits per heavy atom. The monoisotopic (exact) mass is 171 g/mol. The van der Waals surface area contributed by atoms with Crippen LogP contribution in [0.5, 0.6) is 0 Å². The first-order valence-corrected chi connectivity index (χ1v) is 4.81. The summed E-state index contributed by atoms with van der Waals surface area (Å²) in [6, 6.07) is 0. The van der Waals surface area contributed by atoms with E-state index in [1.165, 1.54) is 0 Å². The zero-order valence-corrected chi connectivity index (χ0v) is 8.76. The lowest BCUT2D eigenvalue weighted by Gasteiger charge is -2.17. The maximum atomic E-state index is 11.3. The van der Waals surface area contributed by atoms with E-state index in [0.29, 0.717) is 12.3 Å². The summed E-state index contributed by atoms with van der Waals surface area (Å²) in [6.07, 6.45) is 2.74. The third-order valence-electron chi connectivity index (χ3n) is 1.93. The normalized spacial score (nSPS) is 10.4. The van der Waals surface area contributed by atoms with Crippen molar-refractivity contribution in [3.05, 3.63) is 0 Å². The fourth-order valence-corrected chi connectivity index (χ4v) is 0.981. The minimum Gasteiger partial charge on any atom is -0.346 e. The maximum absolute atomic E-state index is 11.3. The Labute approximate surface area is 75.9 Å². The quantitative estimate of drug-likeness (QED) is 0.621. The van der Waals surface area contributed by atoms with Gasteiger partial charge in [0.2, 0.25) is 5.91 Å². The number of carbonyl (C=O) groups excluding carboxylic acids is 1. The summed E-state index contributed by atoms with van der Waals surface area (Å²) in [5.74, 6) is 0.958. The van der Waals surface area contributed by atoms with Crippen LogP contribution in [0.1, 0.15) is 40.0 Å². The van der Waals surface area contributed by atoms with E-state index in [-0.39, 0.29) is 5.91 Å². The van der Waals surface area contributed by atoms with Gasteiger partial charge in [0.1, 0.15) is 0 Å². The Morgan fingerprint density at radius 1 is 1.42 bits per heavy atom. The lowest BCUT2D eigenvalue weighted by Crippen LogP contribution is -2.27. The predicted octanol–water partition coefficient (Wildman–Crippen LogP) is 2.29. The van der Waals surface area contributed by atoms with Crippen molar-refractivity contribution in [2.75, 3.05) is 13.6 Å². The van der Waals surface area contributed by atoms with E-state index in [1.807, 2.05) is 18.9 Å². The fourth-order valence-electron chi connectivity index (χ4n) is 0.981. The molecule has 0 N–H and O–H groups in total. The van der Waals surface area contributed by atoms with E-state index in [2.05, 4.69) is 13.8 Å². The molecule has 1 amide bonds. The molecule has 0 aliphatic rings. The Morgan fingerprint density at radius 3 is 2.42 bits per heavy atom. The van der Waals surface area contributed by atoms with Gasteiger partial charge in [-0.25, -0.2) is 0 Å². The molecule has 0 aromatic carbocycles. The first-order valence-electron chi connectivity index (χ1n) is 4.81. The molecule has 0 bridgehead atoms. The highest BCUT2D eigenvalue weighted by molar-refractivity contribution is 5.75. The van der Waals surface area contributed by atoms with Gasteiger partial charge in [-0.1, -0.05) is 20.8 Å². The molecule has 0 radical (unpaired) electrons. The summed E-state index contributed by atoms with van der Waals surface area (Å²) in [6.45, 7) is 7.29. The van der Waals surface area contributed by atoms with Crippen LogP contribution in [0.4, 0.5) is 0 Å². The topological polar surface area (TPSA) is 20.3 Å². The van der Waals surface area contributed by atoms with Crippen LogP contribution < -0.4 is 0 Å². The van der Waals surface area contributed by atoms with Crippen molar-refractivity contribution in [3.8, 4) is 0 Å². The molecule has 0 unspecified atom stereocenters. The first kappa shape index (κ1) is 11.5. The van der Waals surface area contributed by atoms with E-state index in [1.54, 1.807) is 0 Å². The van der Waals surface area contributed by atoms with Gasteiger partial charge >= 0.3 is 0 Å². The van der Waals surface area contributed by atoms with Gasteiger partial charge < -0.3 is 4.90 Å². The van der Waals surface area contributed by atoms with Gasteiger partial charge in [0.15, 0.2) is 0 Å². The summed E-state index contributed by atoms with van der Waals surface area (Å²) < 4.78 is 0. The van der Waals surface area contributed by atoms with E-state index < -0.39 is 0 Å². The SMILES string of the molecule is CCCC(=O)N(C)CCC(C)C. The average molecular weight is 171 g/mol. The van der Waals surface area contributed by atoms with Gasteiger partial charge in [0, 0.05) is 20.0 Å². The second-order valence-corrected chi connectivity index (χ2v) is 3.75. The lowest BCUT2D eigenvalue weighted by atomic mass is 10.1. The maximum Gasteiger partial charge on any atom is 0.222 e. The number of amides is 1. The van der Waals surface area contributed by atoms with Gasteiger partial charge in [-0.05, 0) is 18.8 Å². The molecular formula is C10H21NO. The van der Waals surface area contributed by atoms with Gasteiger partial charge in [-0.2, -0.15) is 0 Å². The molecule has 0 atom stereocenters. The number of rotatable bonds is 5. The molecule has 2 nitrogen and oxygen atoms in total. The fraction of sp³-hybridized carbons (Fsp3) is 0.900. The molecule has 0 aromatic heterocycles. The number of nitrogens with zero attached hydrogens (tertiary/aromatic N) is 1. The largest absolute Gasteiger partial charge is 0.346 e. The lowest BCUT2D eigenvalue weighted by molar-refractivity contribution is -0.130. The molecular weight excluding hydrogens is 150 g/mol. The minimum absolute atomic E-state index is 0.276. The second-order valence-electron chi connectivity index (χ2n) is 3.75. The van der Waals surface area contributed by atoms with Crippen molar-refractivity contribution in [1.29, 1.82) is 0 Å². The highest BCUT2D eigenvalue weighted by Crippen LogP contribution is 2.02. The molecule has 12 heavy (non-hydrogen) atoms. The Hall–Kier alpha value is -0.530. The highest BCUT2D eigenvalue weighted by Gasteiger charge is 2.06. The molecule has 0 aliphatic carbocycles. The van der Waals surface area contributed by atoms with E-state index >= 15 is 0 Å². The van der Waals surface area contributed by atoms with Gasteiger partial charge in [0.25, 0.3) is 0 Å². The predicted molar refractivity (Wildman–Crippen MR) is 52.0 cm³/mol. The van der Waals surface area contributed by atoms with Crippen molar-refractivity contribution in [1.82, 2.24) is 4.90 Å². The molecule has 0 saturated heterocycles. The molecule has 0 spiro atoms. The molecule has 2 heteroatoms. The van der Waals surface area contributed by atoms with Gasteiger partial charge in [-0.15, -0.1) is 0 Å². The zero-order valence-electron chi connectivity index (χ0n) is 8.76. The molecule has 0 aliphatic heterocycles. The first-order chi connectivity index (χ1) is 5.57. The Kier molecular flexibility index (Phi) is 5.77. The summed E-state index contributed by atoms with van der Waals surface area (Å²) in [5, 5.41) is 0. The van der Waals surface area contributed by atoms with E-state index in [0.717, 1.165) is 19.4 Å². The smallest absolute Gasteiger partial charge is 0.222 e. The van der Waals surface area contributed by atoms with Crippen molar-refractivity contribution in [2.24, 2.45) is 5.92 Å². The van der Waals surface area contributed by atoms with Crippen LogP contribution in [-0.4, -0.2) is 24.4 Å². The molecule has 0 aromatic rings. The molecule has 72 valence electrons. The van der Waals surface area contributed by atoms with Crippen LogP contribution in [0, 0.1) is 5.92 Å². The van der Waals surface area contributed by atoms with E-state index in [4.69, 9.17) is 0 Å².